The number of methoxy groups -OCH3 is 1. The quantitative estimate of drug-likeness (QED) is 0.286. The van der Waals surface area contributed by atoms with Crippen molar-refractivity contribution < 1.29 is 14.6 Å². The minimum atomic E-state index is -1.23. The van der Waals surface area contributed by atoms with E-state index in [2.05, 4.69) is 34.4 Å². The smallest absolute Gasteiger partial charge is 0.255 e. The molecule has 0 saturated heterocycles. The summed E-state index contributed by atoms with van der Waals surface area (Å²) in [5.41, 5.74) is 7.17. The third kappa shape index (κ3) is 5.92. The predicted molar refractivity (Wildman–Crippen MR) is 121 cm³/mol. The Hall–Kier alpha value is -2.67. The molecule has 1 amide bonds. The molecule has 1 heterocycles. The molecule has 0 saturated carbocycles. The molecule has 1 atom stereocenters. The van der Waals surface area contributed by atoms with Crippen LogP contribution in [-0.4, -0.2) is 44.0 Å². The van der Waals surface area contributed by atoms with Crippen LogP contribution >= 0.6 is 11.3 Å². The first-order valence-electron chi connectivity index (χ1n) is 9.40. The zero-order chi connectivity index (χ0) is 22.0. The number of ether oxygens (including phenoxy) is 1. The first-order valence-corrected chi connectivity index (χ1v) is 10.3. The number of carbonyl (C=O) groups excluding carboxylic acids is 1. The molecule has 0 bridgehead atoms. The summed E-state index contributed by atoms with van der Waals surface area (Å²) in [7, 11) is 3.28. The maximum atomic E-state index is 12.7. The van der Waals surface area contributed by atoms with E-state index in [-0.39, 0.29) is 6.54 Å². The molecule has 1 aromatic carbocycles. The number of rotatable bonds is 10. The Kier molecular flexibility index (Phi) is 9.05. The lowest BCUT2D eigenvalue weighted by Crippen LogP contribution is -2.60. The normalized spacial score (nSPS) is 12.4. The SMILES string of the molecule is C=Cc1cc(OC)ccc1CNC[C@@](C#Cc1csc(CN)c1)(NC)C(=O)NCO. The lowest BCUT2D eigenvalue weighted by atomic mass is 9.98. The molecule has 30 heavy (non-hydrogen) atoms. The molecule has 8 heteroatoms. The van der Waals surface area contributed by atoms with Crippen molar-refractivity contribution in [3.8, 4) is 17.6 Å². The van der Waals surface area contributed by atoms with Crippen LogP contribution in [0.15, 0.2) is 36.2 Å². The number of carbonyl (C=O) groups is 1. The zero-order valence-corrected chi connectivity index (χ0v) is 18.1. The fourth-order valence-electron chi connectivity index (χ4n) is 2.84. The summed E-state index contributed by atoms with van der Waals surface area (Å²) in [5.74, 6) is 6.41. The van der Waals surface area contributed by atoms with Gasteiger partial charge in [0.05, 0.1) is 7.11 Å². The Morgan fingerprint density at radius 3 is 2.83 bits per heavy atom. The van der Waals surface area contributed by atoms with Crippen LogP contribution < -0.4 is 26.4 Å². The van der Waals surface area contributed by atoms with Crippen molar-refractivity contribution in [2.24, 2.45) is 5.73 Å². The number of likely N-dealkylation sites (N-methyl/N-ethyl adjacent to an activating group) is 1. The number of nitrogens with two attached hydrogens (primary N) is 1. The number of aliphatic hydroxyl groups excluding tert-OH is 1. The van der Waals surface area contributed by atoms with Crippen LogP contribution in [-0.2, 0) is 17.9 Å². The third-order valence-electron chi connectivity index (χ3n) is 4.61. The summed E-state index contributed by atoms with van der Waals surface area (Å²) in [6, 6.07) is 7.63. The average molecular weight is 429 g/mol. The highest BCUT2D eigenvalue weighted by atomic mass is 32.1. The Labute approximate surface area is 181 Å². The Balaban J connectivity index is 2.21. The van der Waals surface area contributed by atoms with E-state index in [1.807, 2.05) is 29.6 Å². The molecule has 2 aromatic rings. The molecule has 160 valence electrons. The monoisotopic (exact) mass is 428 g/mol. The van der Waals surface area contributed by atoms with Crippen molar-refractivity contribution in [3.05, 3.63) is 57.8 Å². The molecule has 0 radical (unpaired) electrons. The fraction of sp³-hybridized carbons (Fsp3) is 0.318. The fourth-order valence-corrected chi connectivity index (χ4v) is 3.53. The lowest BCUT2D eigenvalue weighted by Gasteiger charge is -2.27. The van der Waals surface area contributed by atoms with Crippen molar-refractivity contribution in [3.63, 3.8) is 0 Å². The van der Waals surface area contributed by atoms with E-state index in [4.69, 9.17) is 10.5 Å². The number of hydrogen-bond donors (Lipinski definition) is 5. The van der Waals surface area contributed by atoms with Crippen molar-refractivity contribution in [1.82, 2.24) is 16.0 Å². The van der Waals surface area contributed by atoms with E-state index in [1.165, 1.54) is 11.3 Å². The van der Waals surface area contributed by atoms with Gasteiger partial charge < -0.3 is 26.2 Å². The third-order valence-corrected chi connectivity index (χ3v) is 5.57. The molecule has 6 N–H and O–H groups in total. The zero-order valence-electron chi connectivity index (χ0n) is 17.2. The van der Waals surface area contributed by atoms with Crippen LogP contribution in [0.5, 0.6) is 5.75 Å². The summed E-state index contributed by atoms with van der Waals surface area (Å²) in [5, 5.41) is 19.8. The van der Waals surface area contributed by atoms with E-state index in [0.717, 1.165) is 27.3 Å². The van der Waals surface area contributed by atoms with E-state index in [1.54, 1.807) is 20.2 Å². The van der Waals surface area contributed by atoms with Gasteiger partial charge in [-0.1, -0.05) is 30.6 Å². The van der Waals surface area contributed by atoms with Crippen molar-refractivity contribution in [2.75, 3.05) is 27.4 Å². The van der Waals surface area contributed by atoms with E-state index in [9.17, 15) is 9.90 Å². The van der Waals surface area contributed by atoms with Crippen LogP contribution in [0.3, 0.4) is 0 Å². The Morgan fingerprint density at radius 1 is 1.43 bits per heavy atom. The molecule has 1 aromatic heterocycles. The molecule has 0 aliphatic heterocycles. The van der Waals surface area contributed by atoms with Gasteiger partial charge in [-0.15, -0.1) is 11.3 Å². The second kappa shape index (κ2) is 11.5. The highest BCUT2D eigenvalue weighted by Crippen LogP contribution is 2.19. The topological polar surface area (TPSA) is 109 Å². The van der Waals surface area contributed by atoms with Crippen LogP contribution in [0, 0.1) is 11.8 Å². The number of hydrogen-bond acceptors (Lipinski definition) is 7. The number of benzene rings is 1. The summed E-state index contributed by atoms with van der Waals surface area (Å²) in [6.07, 6.45) is 1.76. The number of thiophene rings is 1. The van der Waals surface area contributed by atoms with Crippen LogP contribution in [0.4, 0.5) is 0 Å². The lowest BCUT2D eigenvalue weighted by molar-refractivity contribution is -0.126. The standard InChI is InChI=1S/C22H28N4O3S/c1-4-17-10-19(29-3)6-5-18(17)12-25-14-22(24-2,21(28)26-15-27)8-7-16-9-20(11-23)30-13-16/h4-6,9-10,13,24-25,27H,1,11-12,14-15,23H2,2-3H3,(H,26,28)/t22-/m1/s1. The van der Waals surface area contributed by atoms with E-state index in [0.29, 0.717) is 13.1 Å². The largest absolute Gasteiger partial charge is 0.497 e. The van der Waals surface area contributed by atoms with Crippen molar-refractivity contribution >= 4 is 23.3 Å². The number of amides is 1. The van der Waals surface area contributed by atoms with E-state index < -0.39 is 18.2 Å². The van der Waals surface area contributed by atoms with Crippen LogP contribution in [0.25, 0.3) is 6.08 Å². The molecular formula is C22H28N4O3S. The van der Waals surface area contributed by atoms with Crippen LogP contribution in [0.1, 0.15) is 21.6 Å². The van der Waals surface area contributed by atoms with Crippen LogP contribution in [0.2, 0.25) is 0 Å². The number of aliphatic hydroxyl groups is 1. The predicted octanol–water partition coefficient (Wildman–Crippen LogP) is 1.02. The molecule has 0 aliphatic carbocycles. The molecule has 0 unspecified atom stereocenters. The van der Waals surface area contributed by atoms with Gasteiger partial charge >= 0.3 is 0 Å². The summed E-state index contributed by atoms with van der Waals surface area (Å²) in [6.45, 7) is 4.54. The minimum Gasteiger partial charge on any atom is -0.497 e. The van der Waals surface area contributed by atoms with Gasteiger partial charge in [-0.3, -0.25) is 10.1 Å². The van der Waals surface area contributed by atoms with Gasteiger partial charge in [-0.05, 0) is 36.4 Å². The van der Waals surface area contributed by atoms with Gasteiger partial charge in [0.15, 0.2) is 5.54 Å². The molecule has 0 aliphatic rings. The van der Waals surface area contributed by atoms with Gasteiger partial charge in [0.25, 0.3) is 5.91 Å². The first-order chi connectivity index (χ1) is 14.5. The number of nitrogens with one attached hydrogen (secondary N) is 3. The average Bonchev–Trinajstić information content (AvgIpc) is 3.24. The maximum Gasteiger partial charge on any atom is 0.255 e. The highest BCUT2D eigenvalue weighted by molar-refractivity contribution is 7.10. The van der Waals surface area contributed by atoms with Crippen molar-refractivity contribution in [1.29, 1.82) is 0 Å². The minimum absolute atomic E-state index is 0.221. The Morgan fingerprint density at radius 2 is 2.23 bits per heavy atom. The van der Waals surface area contributed by atoms with Crippen molar-refractivity contribution in [2.45, 2.75) is 18.6 Å². The maximum absolute atomic E-state index is 12.7. The first kappa shape index (κ1) is 23.6. The second-order valence-corrected chi connectivity index (χ2v) is 7.44. The summed E-state index contributed by atoms with van der Waals surface area (Å²) >= 11 is 1.52. The van der Waals surface area contributed by atoms with Gasteiger partial charge in [0, 0.05) is 35.5 Å². The summed E-state index contributed by atoms with van der Waals surface area (Å²) in [4.78, 5) is 13.7. The Bertz CT molecular complexity index is 932. The van der Waals surface area contributed by atoms with Gasteiger partial charge in [-0.25, -0.2) is 0 Å². The molecular weight excluding hydrogens is 400 g/mol. The molecule has 7 nitrogen and oxygen atoms in total. The summed E-state index contributed by atoms with van der Waals surface area (Å²) < 4.78 is 5.25. The van der Waals surface area contributed by atoms with Gasteiger partial charge in [-0.2, -0.15) is 0 Å². The second-order valence-electron chi connectivity index (χ2n) is 6.45. The molecule has 0 fully saturated rings. The molecule has 2 rings (SSSR count). The van der Waals surface area contributed by atoms with E-state index >= 15 is 0 Å². The van der Waals surface area contributed by atoms with Gasteiger partial charge in [0.1, 0.15) is 12.5 Å². The molecule has 0 spiro atoms. The highest BCUT2D eigenvalue weighted by Gasteiger charge is 2.34. The van der Waals surface area contributed by atoms with Gasteiger partial charge in [0.2, 0.25) is 0 Å².